The molecule has 84 valence electrons. The molecule has 4 nitrogen and oxygen atoms in total. The molecule has 2 unspecified atom stereocenters. The molecule has 2 rings (SSSR count). The fourth-order valence-electron chi connectivity index (χ4n) is 2.14. The molecule has 0 radical (unpaired) electrons. The van der Waals surface area contributed by atoms with Gasteiger partial charge in [-0.2, -0.15) is 0 Å². The monoisotopic (exact) mass is 210 g/mol. The van der Waals surface area contributed by atoms with Crippen LogP contribution in [0, 0.1) is 5.41 Å². The van der Waals surface area contributed by atoms with Gasteiger partial charge in [-0.1, -0.05) is 13.8 Å². The van der Waals surface area contributed by atoms with E-state index in [1.807, 2.05) is 6.92 Å². The first-order valence-corrected chi connectivity index (χ1v) is 5.56. The first-order valence-electron chi connectivity index (χ1n) is 5.56. The van der Waals surface area contributed by atoms with Crippen LogP contribution in [0.4, 0.5) is 0 Å². The van der Waals surface area contributed by atoms with Crippen molar-refractivity contribution >= 4 is 11.8 Å². The molecule has 4 heteroatoms. The van der Waals surface area contributed by atoms with E-state index in [4.69, 9.17) is 0 Å². The Hall–Kier alpha value is -0.900. The Morgan fingerprint density at radius 1 is 1.47 bits per heavy atom. The highest BCUT2D eigenvalue weighted by atomic mass is 16.2. The quantitative estimate of drug-likeness (QED) is 0.691. The summed E-state index contributed by atoms with van der Waals surface area (Å²) in [5.41, 5.74) is 0.295. The van der Waals surface area contributed by atoms with E-state index < -0.39 is 0 Å². The molecule has 1 N–H and O–H groups in total. The van der Waals surface area contributed by atoms with E-state index >= 15 is 0 Å². The van der Waals surface area contributed by atoms with Crippen LogP contribution in [0.3, 0.4) is 0 Å². The Labute approximate surface area is 90.0 Å². The van der Waals surface area contributed by atoms with Gasteiger partial charge in [0.15, 0.2) is 0 Å². The van der Waals surface area contributed by atoms with Crippen molar-refractivity contribution in [1.29, 1.82) is 0 Å². The third-order valence-corrected chi connectivity index (χ3v) is 3.48. The second kappa shape index (κ2) is 3.30. The van der Waals surface area contributed by atoms with Crippen molar-refractivity contribution in [2.24, 2.45) is 5.41 Å². The van der Waals surface area contributed by atoms with Crippen molar-refractivity contribution in [1.82, 2.24) is 10.2 Å². The molecular weight excluding hydrogens is 192 g/mol. The van der Waals surface area contributed by atoms with Crippen LogP contribution in [-0.2, 0) is 9.59 Å². The van der Waals surface area contributed by atoms with Crippen LogP contribution in [0.5, 0.6) is 0 Å². The van der Waals surface area contributed by atoms with E-state index in [-0.39, 0.29) is 17.9 Å². The second-order valence-electron chi connectivity index (χ2n) is 5.14. The van der Waals surface area contributed by atoms with Crippen molar-refractivity contribution in [3.63, 3.8) is 0 Å². The van der Waals surface area contributed by atoms with Gasteiger partial charge in [0, 0.05) is 12.6 Å². The van der Waals surface area contributed by atoms with E-state index in [1.165, 1.54) is 4.90 Å². The maximum atomic E-state index is 11.8. The van der Waals surface area contributed by atoms with Gasteiger partial charge >= 0.3 is 0 Å². The number of imide groups is 1. The van der Waals surface area contributed by atoms with Crippen LogP contribution in [0.2, 0.25) is 0 Å². The molecule has 2 fully saturated rings. The molecule has 1 aliphatic carbocycles. The number of hydrogen-bond donors (Lipinski definition) is 1. The molecule has 0 aromatic heterocycles. The number of hydrogen-bond acceptors (Lipinski definition) is 3. The van der Waals surface area contributed by atoms with Gasteiger partial charge in [0.25, 0.3) is 0 Å². The molecule has 0 aromatic rings. The standard InChI is InChI=1S/C11H18N2O2/c1-4-13-9(14)5-7(10(13)15)12-8-6-11(8,2)3/h7-8,12H,4-6H2,1-3H3. The zero-order chi connectivity index (χ0) is 11.2. The molecule has 1 saturated heterocycles. The summed E-state index contributed by atoms with van der Waals surface area (Å²) >= 11 is 0. The molecule has 1 saturated carbocycles. The molecule has 2 amide bonds. The molecule has 0 spiro atoms. The van der Waals surface area contributed by atoms with Gasteiger partial charge < -0.3 is 5.32 Å². The lowest BCUT2D eigenvalue weighted by Gasteiger charge is -2.13. The highest BCUT2D eigenvalue weighted by molar-refractivity contribution is 6.05. The van der Waals surface area contributed by atoms with Gasteiger partial charge in [-0.05, 0) is 18.8 Å². The topological polar surface area (TPSA) is 49.4 Å². The fraction of sp³-hybridized carbons (Fsp3) is 0.818. The lowest BCUT2D eigenvalue weighted by molar-refractivity contribution is -0.138. The van der Waals surface area contributed by atoms with Crippen molar-refractivity contribution in [3.8, 4) is 0 Å². The summed E-state index contributed by atoms with van der Waals surface area (Å²) in [6.07, 6.45) is 1.43. The van der Waals surface area contributed by atoms with Crippen LogP contribution < -0.4 is 5.32 Å². The number of carbonyl (C=O) groups is 2. The minimum Gasteiger partial charge on any atom is -0.302 e. The molecular formula is C11H18N2O2. The first kappa shape index (κ1) is 10.6. The minimum absolute atomic E-state index is 0.0431. The van der Waals surface area contributed by atoms with Crippen LogP contribution in [0.1, 0.15) is 33.6 Å². The van der Waals surface area contributed by atoms with Gasteiger partial charge in [0.1, 0.15) is 0 Å². The predicted molar refractivity (Wildman–Crippen MR) is 56.1 cm³/mol. The normalized spacial score (nSPS) is 33.7. The lowest BCUT2D eigenvalue weighted by atomic mass is 10.1. The number of nitrogens with zero attached hydrogens (tertiary/aromatic N) is 1. The van der Waals surface area contributed by atoms with Crippen molar-refractivity contribution in [3.05, 3.63) is 0 Å². The number of likely N-dealkylation sites (N-methyl/N-ethyl adjacent to an activating group) is 1. The molecule has 2 aliphatic rings. The zero-order valence-electron chi connectivity index (χ0n) is 9.54. The first-order chi connectivity index (χ1) is 6.95. The number of nitrogens with one attached hydrogen (secondary N) is 1. The Bertz CT molecular complexity index is 312. The molecule has 2 atom stereocenters. The Morgan fingerprint density at radius 3 is 2.47 bits per heavy atom. The Kier molecular flexibility index (Phi) is 2.34. The van der Waals surface area contributed by atoms with E-state index in [0.29, 0.717) is 24.4 Å². The highest BCUT2D eigenvalue weighted by Crippen LogP contribution is 2.45. The van der Waals surface area contributed by atoms with E-state index in [2.05, 4.69) is 19.2 Å². The van der Waals surface area contributed by atoms with E-state index in [9.17, 15) is 9.59 Å². The zero-order valence-corrected chi connectivity index (χ0v) is 9.54. The predicted octanol–water partition coefficient (Wildman–Crippen LogP) is 0.522. The number of likely N-dealkylation sites (tertiary alicyclic amines) is 1. The molecule has 1 aliphatic heterocycles. The van der Waals surface area contributed by atoms with Gasteiger partial charge in [-0.25, -0.2) is 0 Å². The maximum Gasteiger partial charge on any atom is 0.246 e. The highest BCUT2D eigenvalue weighted by Gasteiger charge is 2.49. The van der Waals surface area contributed by atoms with Crippen molar-refractivity contribution < 1.29 is 9.59 Å². The van der Waals surface area contributed by atoms with E-state index in [0.717, 1.165) is 6.42 Å². The molecule has 15 heavy (non-hydrogen) atoms. The van der Waals surface area contributed by atoms with Gasteiger partial charge in [0.05, 0.1) is 12.5 Å². The van der Waals surface area contributed by atoms with Crippen LogP contribution in [-0.4, -0.2) is 35.3 Å². The summed E-state index contributed by atoms with van der Waals surface area (Å²) in [6, 6.07) is 0.125. The van der Waals surface area contributed by atoms with Gasteiger partial charge in [0.2, 0.25) is 11.8 Å². The van der Waals surface area contributed by atoms with Gasteiger partial charge in [-0.15, -0.1) is 0 Å². The molecule has 0 aromatic carbocycles. The summed E-state index contributed by atoms with van der Waals surface area (Å²) in [5, 5.41) is 3.28. The molecule has 1 heterocycles. The fourth-order valence-corrected chi connectivity index (χ4v) is 2.14. The van der Waals surface area contributed by atoms with Crippen LogP contribution >= 0.6 is 0 Å². The number of carbonyl (C=O) groups excluding carboxylic acids is 2. The minimum atomic E-state index is -0.274. The lowest BCUT2D eigenvalue weighted by Crippen LogP contribution is -2.40. The number of amides is 2. The van der Waals surface area contributed by atoms with Crippen molar-refractivity contribution in [2.75, 3.05) is 6.54 Å². The Balaban J connectivity index is 1.95. The summed E-state index contributed by atoms with van der Waals surface area (Å²) in [4.78, 5) is 24.6. The second-order valence-corrected chi connectivity index (χ2v) is 5.14. The largest absolute Gasteiger partial charge is 0.302 e. The summed E-state index contributed by atoms with van der Waals surface area (Å²) in [7, 11) is 0. The van der Waals surface area contributed by atoms with E-state index in [1.54, 1.807) is 0 Å². The van der Waals surface area contributed by atoms with Crippen LogP contribution in [0.15, 0.2) is 0 Å². The number of rotatable bonds is 3. The smallest absolute Gasteiger partial charge is 0.246 e. The average Bonchev–Trinajstić information content (AvgIpc) is 2.63. The SMILES string of the molecule is CCN1C(=O)CC(NC2CC2(C)C)C1=O. The third kappa shape index (κ3) is 1.78. The molecule has 0 bridgehead atoms. The van der Waals surface area contributed by atoms with Crippen LogP contribution in [0.25, 0.3) is 0 Å². The summed E-state index contributed by atoms with van der Waals surface area (Å²) in [5.74, 6) is -0.0938. The average molecular weight is 210 g/mol. The summed E-state index contributed by atoms with van der Waals surface area (Å²) in [6.45, 7) is 6.66. The maximum absolute atomic E-state index is 11.8. The van der Waals surface area contributed by atoms with Crippen molar-refractivity contribution in [2.45, 2.75) is 45.7 Å². The Morgan fingerprint density at radius 2 is 2.07 bits per heavy atom. The van der Waals surface area contributed by atoms with Gasteiger partial charge in [-0.3, -0.25) is 14.5 Å². The third-order valence-electron chi connectivity index (χ3n) is 3.48. The summed E-state index contributed by atoms with van der Waals surface area (Å²) < 4.78 is 0.